The molecule has 2 rings (SSSR count). The van der Waals surface area contributed by atoms with Gasteiger partial charge in [-0.1, -0.05) is 44.4 Å². The molecule has 1 aromatic carbocycles. The van der Waals surface area contributed by atoms with E-state index in [1.807, 2.05) is 12.1 Å². The molecule has 2 nitrogen and oxygen atoms in total. The fourth-order valence-corrected chi connectivity index (χ4v) is 3.31. The van der Waals surface area contributed by atoms with E-state index in [-0.39, 0.29) is 0 Å². The Morgan fingerprint density at radius 1 is 1.22 bits per heavy atom. The van der Waals surface area contributed by atoms with Crippen molar-refractivity contribution in [3.8, 4) is 0 Å². The minimum absolute atomic E-state index is 0.739. The number of hydrogen-bond acceptors (Lipinski definition) is 2. The molecular weight excluding hydrogens is 220 g/mol. The zero-order valence-corrected chi connectivity index (χ0v) is 11.7. The van der Waals surface area contributed by atoms with Crippen molar-refractivity contribution in [3.63, 3.8) is 0 Å². The molecule has 2 unspecified atom stereocenters. The first kappa shape index (κ1) is 13.4. The van der Waals surface area contributed by atoms with E-state index in [2.05, 4.69) is 31.0 Å². The Balaban J connectivity index is 2.02. The highest BCUT2D eigenvalue weighted by atomic mass is 15.1. The van der Waals surface area contributed by atoms with Crippen LogP contribution in [0.1, 0.15) is 44.6 Å². The molecule has 0 aliphatic heterocycles. The van der Waals surface area contributed by atoms with Gasteiger partial charge in [-0.2, -0.15) is 0 Å². The van der Waals surface area contributed by atoms with E-state index in [0.717, 1.165) is 24.2 Å². The van der Waals surface area contributed by atoms with Crippen molar-refractivity contribution in [2.24, 2.45) is 5.92 Å². The molecule has 0 saturated heterocycles. The van der Waals surface area contributed by atoms with Crippen LogP contribution in [0.2, 0.25) is 0 Å². The maximum atomic E-state index is 6.04. The van der Waals surface area contributed by atoms with Crippen LogP contribution in [0, 0.1) is 5.92 Å². The van der Waals surface area contributed by atoms with E-state index in [4.69, 9.17) is 5.73 Å². The van der Waals surface area contributed by atoms with Crippen LogP contribution in [-0.2, 0) is 6.54 Å². The van der Waals surface area contributed by atoms with Crippen molar-refractivity contribution in [2.45, 2.75) is 51.6 Å². The maximum absolute atomic E-state index is 6.04. The summed E-state index contributed by atoms with van der Waals surface area (Å²) in [4.78, 5) is 2.51. The molecule has 0 aromatic heterocycles. The summed E-state index contributed by atoms with van der Waals surface area (Å²) in [6.45, 7) is 3.31. The Kier molecular flexibility index (Phi) is 4.65. The number of nitrogens with zero attached hydrogens (tertiary/aromatic N) is 1. The number of nitrogen functional groups attached to an aromatic ring is 1. The molecule has 1 fully saturated rings. The summed E-state index contributed by atoms with van der Waals surface area (Å²) in [5.41, 5.74) is 8.23. The third kappa shape index (κ3) is 3.05. The molecule has 100 valence electrons. The van der Waals surface area contributed by atoms with E-state index >= 15 is 0 Å². The van der Waals surface area contributed by atoms with Gasteiger partial charge in [0.2, 0.25) is 0 Å². The topological polar surface area (TPSA) is 29.3 Å². The molecule has 18 heavy (non-hydrogen) atoms. The first-order chi connectivity index (χ1) is 8.72. The molecular formula is C16H26N2. The van der Waals surface area contributed by atoms with E-state index in [0.29, 0.717) is 0 Å². The van der Waals surface area contributed by atoms with Crippen LogP contribution in [-0.4, -0.2) is 18.0 Å². The lowest BCUT2D eigenvalue weighted by Gasteiger charge is -2.38. The highest BCUT2D eigenvalue weighted by molar-refractivity contribution is 5.46. The summed E-state index contributed by atoms with van der Waals surface area (Å²) in [6.07, 6.45) is 6.85. The Morgan fingerprint density at radius 2 is 1.94 bits per heavy atom. The molecule has 1 saturated carbocycles. The summed E-state index contributed by atoms with van der Waals surface area (Å²) in [5, 5.41) is 0. The van der Waals surface area contributed by atoms with E-state index in [9.17, 15) is 0 Å². The second-order valence-electron chi connectivity index (χ2n) is 5.63. The lowest BCUT2D eigenvalue weighted by Crippen LogP contribution is -2.39. The Morgan fingerprint density at radius 3 is 2.67 bits per heavy atom. The number of rotatable bonds is 4. The van der Waals surface area contributed by atoms with Gasteiger partial charge in [0.1, 0.15) is 0 Å². The molecule has 2 N–H and O–H groups in total. The summed E-state index contributed by atoms with van der Waals surface area (Å²) in [6, 6.07) is 8.98. The van der Waals surface area contributed by atoms with Gasteiger partial charge in [0.05, 0.1) is 0 Å². The second-order valence-corrected chi connectivity index (χ2v) is 5.63. The molecule has 2 atom stereocenters. The Hall–Kier alpha value is -1.02. The number of hydrogen-bond donors (Lipinski definition) is 1. The second kappa shape index (κ2) is 6.24. The molecule has 0 radical (unpaired) electrons. The highest BCUT2D eigenvalue weighted by Gasteiger charge is 2.26. The summed E-state index contributed by atoms with van der Waals surface area (Å²) < 4.78 is 0. The predicted molar refractivity (Wildman–Crippen MR) is 78.4 cm³/mol. The smallest absolute Gasteiger partial charge is 0.0359 e. The fourth-order valence-electron chi connectivity index (χ4n) is 3.31. The summed E-state index contributed by atoms with van der Waals surface area (Å²) in [7, 11) is 2.26. The lowest BCUT2D eigenvalue weighted by molar-refractivity contribution is 0.121. The van der Waals surface area contributed by atoms with E-state index in [1.54, 1.807) is 0 Å². The zero-order valence-electron chi connectivity index (χ0n) is 11.7. The monoisotopic (exact) mass is 246 g/mol. The van der Waals surface area contributed by atoms with Gasteiger partial charge < -0.3 is 5.73 Å². The van der Waals surface area contributed by atoms with Gasteiger partial charge in [0.25, 0.3) is 0 Å². The van der Waals surface area contributed by atoms with Crippen LogP contribution in [0.5, 0.6) is 0 Å². The number of benzene rings is 1. The van der Waals surface area contributed by atoms with E-state index in [1.165, 1.54) is 37.7 Å². The zero-order chi connectivity index (χ0) is 13.0. The van der Waals surface area contributed by atoms with Gasteiger partial charge in [-0.3, -0.25) is 4.90 Å². The molecule has 0 heterocycles. The number of anilines is 1. The van der Waals surface area contributed by atoms with Crippen molar-refractivity contribution < 1.29 is 0 Å². The third-order valence-corrected chi connectivity index (χ3v) is 4.43. The van der Waals surface area contributed by atoms with Crippen molar-refractivity contribution in [3.05, 3.63) is 29.8 Å². The predicted octanol–water partition coefficient (Wildman–Crippen LogP) is 3.67. The van der Waals surface area contributed by atoms with Gasteiger partial charge in [-0.25, -0.2) is 0 Å². The molecule has 0 bridgehead atoms. The first-order valence-corrected chi connectivity index (χ1v) is 7.26. The van der Waals surface area contributed by atoms with Crippen molar-refractivity contribution in [2.75, 3.05) is 12.8 Å². The minimum atomic E-state index is 0.739. The average Bonchev–Trinajstić information content (AvgIpc) is 2.41. The molecule has 1 aromatic rings. The maximum Gasteiger partial charge on any atom is 0.0359 e. The van der Waals surface area contributed by atoms with Gasteiger partial charge in [-0.05, 0) is 37.4 Å². The third-order valence-electron chi connectivity index (χ3n) is 4.43. The first-order valence-electron chi connectivity index (χ1n) is 7.26. The van der Waals surface area contributed by atoms with Crippen LogP contribution >= 0.6 is 0 Å². The van der Waals surface area contributed by atoms with Crippen LogP contribution in [0.25, 0.3) is 0 Å². The van der Waals surface area contributed by atoms with Gasteiger partial charge in [0, 0.05) is 18.3 Å². The molecule has 1 aliphatic carbocycles. The SMILES string of the molecule is CCC1CCCCC1N(C)Cc1ccccc1N. The van der Waals surface area contributed by atoms with Crippen molar-refractivity contribution >= 4 is 5.69 Å². The Bertz CT molecular complexity index is 375. The van der Waals surface area contributed by atoms with Crippen molar-refractivity contribution in [1.29, 1.82) is 0 Å². The van der Waals surface area contributed by atoms with E-state index < -0.39 is 0 Å². The largest absolute Gasteiger partial charge is 0.398 e. The van der Waals surface area contributed by atoms with Crippen LogP contribution in [0.15, 0.2) is 24.3 Å². The standard InChI is InChI=1S/C16H26N2/c1-3-13-8-5-7-11-16(13)18(2)12-14-9-4-6-10-15(14)17/h4,6,9-10,13,16H,3,5,7-8,11-12,17H2,1-2H3. The summed E-state index contributed by atoms with van der Waals surface area (Å²) >= 11 is 0. The van der Waals surface area contributed by atoms with Crippen LogP contribution in [0.4, 0.5) is 5.69 Å². The number of para-hydroxylation sites is 1. The fraction of sp³-hybridized carbons (Fsp3) is 0.625. The average molecular weight is 246 g/mol. The molecule has 2 heteroatoms. The quantitative estimate of drug-likeness (QED) is 0.821. The van der Waals surface area contributed by atoms with Gasteiger partial charge in [-0.15, -0.1) is 0 Å². The normalized spacial score (nSPS) is 24.4. The Labute approximate surface area is 111 Å². The van der Waals surface area contributed by atoms with Gasteiger partial charge in [0.15, 0.2) is 0 Å². The van der Waals surface area contributed by atoms with Crippen molar-refractivity contribution in [1.82, 2.24) is 4.90 Å². The van der Waals surface area contributed by atoms with Crippen LogP contribution in [0.3, 0.4) is 0 Å². The molecule has 0 spiro atoms. The summed E-state index contributed by atoms with van der Waals surface area (Å²) in [5.74, 6) is 0.869. The van der Waals surface area contributed by atoms with Gasteiger partial charge >= 0.3 is 0 Å². The highest BCUT2D eigenvalue weighted by Crippen LogP contribution is 2.31. The molecule has 1 aliphatic rings. The van der Waals surface area contributed by atoms with Crippen LogP contribution < -0.4 is 5.73 Å². The molecule has 0 amide bonds. The number of nitrogens with two attached hydrogens (primary N) is 1. The minimum Gasteiger partial charge on any atom is -0.398 e. The lowest BCUT2D eigenvalue weighted by atomic mass is 9.82.